The molecular formula is C13H13F2N3O2S. The first-order chi connectivity index (χ1) is 9.90. The van der Waals surface area contributed by atoms with Gasteiger partial charge in [-0.3, -0.25) is 9.36 Å². The Balaban J connectivity index is 2.49. The molecule has 112 valence electrons. The van der Waals surface area contributed by atoms with Crippen LogP contribution in [0.5, 0.6) is 0 Å². The van der Waals surface area contributed by atoms with Crippen LogP contribution < -0.4 is 0 Å². The molecule has 0 radical (unpaired) electrons. The number of hydrogen-bond acceptors (Lipinski definition) is 4. The van der Waals surface area contributed by atoms with E-state index in [2.05, 4.69) is 10.2 Å². The highest BCUT2D eigenvalue weighted by atomic mass is 32.2. The lowest BCUT2D eigenvalue weighted by atomic mass is 10.2. The number of aliphatic carboxylic acids is 1. The Kier molecular flexibility index (Phi) is 4.56. The summed E-state index contributed by atoms with van der Waals surface area (Å²) in [5, 5.41) is 16.8. The van der Waals surface area contributed by atoms with Crippen LogP contribution in [-0.4, -0.2) is 31.6 Å². The van der Waals surface area contributed by atoms with Crippen molar-refractivity contribution < 1.29 is 18.7 Å². The van der Waals surface area contributed by atoms with Gasteiger partial charge in [0.1, 0.15) is 11.6 Å². The quantitative estimate of drug-likeness (QED) is 0.860. The number of rotatable bonds is 5. The highest BCUT2D eigenvalue weighted by Crippen LogP contribution is 2.29. The second kappa shape index (κ2) is 6.21. The summed E-state index contributed by atoms with van der Waals surface area (Å²) in [6, 6.07) is 2.96. The smallest absolute Gasteiger partial charge is 0.313 e. The summed E-state index contributed by atoms with van der Waals surface area (Å²) in [6.45, 7) is 3.66. The van der Waals surface area contributed by atoms with Crippen LogP contribution in [0.3, 0.4) is 0 Å². The Morgan fingerprint density at radius 2 is 2.10 bits per heavy atom. The van der Waals surface area contributed by atoms with E-state index in [4.69, 9.17) is 5.11 Å². The third-order valence-corrected chi connectivity index (χ3v) is 3.60. The van der Waals surface area contributed by atoms with Crippen LogP contribution in [0, 0.1) is 11.6 Å². The third kappa shape index (κ3) is 3.38. The number of carboxylic acid groups (broad SMARTS) is 1. The Hall–Kier alpha value is -1.96. The van der Waals surface area contributed by atoms with Crippen molar-refractivity contribution in [1.29, 1.82) is 0 Å². The molecular weight excluding hydrogens is 300 g/mol. The predicted octanol–water partition coefficient (Wildman–Crippen LogP) is 2.98. The van der Waals surface area contributed by atoms with Crippen LogP contribution in [-0.2, 0) is 4.79 Å². The van der Waals surface area contributed by atoms with Gasteiger partial charge in [0.05, 0.1) is 11.3 Å². The van der Waals surface area contributed by atoms with Crippen LogP contribution in [0.4, 0.5) is 8.78 Å². The van der Waals surface area contributed by atoms with E-state index in [-0.39, 0.29) is 23.2 Å². The predicted molar refractivity (Wildman–Crippen MR) is 74.1 cm³/mol. The zero-order chi connectivity index (χ0) is 15.6. The highest BCUT2D eigenvalue weighted by molar-refractivity contribution is 7.99. The maximum absolute atomic E-state index is 13.9. The van der Waals surface area contributed by atoms with E-state index < -0.39 is 17.6 Å². The number of halogens is 2. The van der Waals surface area contributed by atoms with E-state index in [9.17, 15) is 13.6 Å². The monoisotopic (exact) mass is 313 g/mol. The molecule has 0 spiro atoms. The number of thioether (sulfide) groups is 1. The van der Waals surface area contributed by atoms with E-state index in [1.165, 1.54) is 0 Å². The second-order valence-electron chi connectivity index (χ2n) is 4.58. The summed E-state index contributed by atoms with van der Waals surface area (Å²) in [7, 11) is 0. The van der Waals surface area contributed by atoms with Crippen LogP contribution in [0.1, 0.15) is 19.9 Å². The van der Waals surface area contributed by atoms with Gasteiger partial charge in [0.15, 0.2) is 11.0 Å². The molecule has 1 heterocycles. The Morgan fingerprint density at radius 3 is 2.71 bits per heavy atom. The van der Waals surface area contributed by atoms with Gasteiger partial charge in [-0.1, -0.05) is 11.8 Å². The Labute approximate surface area is 124 Å². The SMILES string of the molecule is CC(C)n1c(SCC(=O)O)nnc1-c1cc(F)ccc1F. The first-order valence-electron chi connectivity index (χ1n) is 6.15. The summed E-state index contributed by atoms with van der Waals surface area (Å²) in [6.07, 6.45) is 0. The maximum Gasteiger partial charge on any atom is 0.313 e. The first-order valence-corrected chi connectivity index (χ1v) is 7.13. The van der Waals surface area contributed by atoms with Crippen molar-refractivity contribution in [2.45, 2.75) is 25.0 Å². The fraction of sp³-hybridized carbons (Fsp3) is 0.308. The summed E-state index contributed by atoms with van der Waals surface area (Å²) in [5.74, 6) is -2.19. The average molecular weight is 313 g/mol. The summed E-state index contributed by atoms with van der Waals surface area (Å²) in [4.78, 5) is 10.6. The van der Waals surface area contributed by atoms with Gasteiger partial charge in [-0.25, -0.2) is 8.78 Å². The van der Waals surface area contributed by atoms with Crippen LogP contribution in [0.2, 0.25) is 0 Å². The molecule has 8 heteroatoms. The lowest BCUT2D eigenvalue weighted by Crippen LogP contribution is -2.07. The van der Waals surface area contributed by atoms with Crippen molar-refractivity contribution in [3.8, 4) is 11.4 Å². The molecule has 0 amide bonds. The minimum absolute atomic E-state index is 0.00150. The molecule has 0 fully saturated rings. The summed E-state index contributed by atoms with van der Waals surface area (Å²) in [5.41, 5.74) is -0.00150. The molecule has 0 atom stereocenters. The van der Waals surface area contributed by atoms with Gasteiger partial charge in [-0.05, 0) is 32.0 Å². The molecule has 0 aliphatic rings. The number of nitrogens with zero attached hydrogens (tertiary/aromatic N) is 3. The molecule has 1 aromatic carbocycles. The third-order valence-electron chi connectivity index (χ3n) is 2.67. The fourth-order valence-corrected chi connectivity index (χ4v) is 2.61. The zero-order valence-electron chi connectivity index (χ0n) is 11.4. The molecule has 0 saturated heterocycles. The second-order valence-corrected chi connectivity index (χ2v) is 5.52. The minimum Gasteiger partial charge on any atom is -0.481 e. The number of hydrogen-bond donors (Lipinski definition) is 1. The van der Waals surface area contributed by atoms with Crippen LogP contribution in [0.25, 0.3) is 11.4 Å². The largest absolute Gasteiger partial charge is 0.481 e. The number of aromatic nitrogens is 3. The minimum atomic E-state index is -0.989. The number of carboxylic acids is 1. The van der Waals surface area contributed by atoms with Crippen molar-refractivity contribution in [1.82, 2.24) is 14.8 Å². The van der Waals surface area contributed by atoms with Crippen molar-refractivity contribution in [2.24, 2.45) is 0 Å². The van der Waals surface area contributed by atoms with E-state index in [1.54, 1.807) is 4.57 Å². The maximum atomic E-state index is 13.9. The van der Waals surface area contributed by atoms with Gasteiger partial charge < -0.3 is 5.11 Å². The van der Waals surface area contributed by atoms with Crippen molar-refractivity contribution in [3.63, 3.8) is 0 Å². The number of carbonyl (C=O) groups is 1. The van der Waals surface area contributed by atoms with Crippen LogP contribution >= 0.6 is 11.8 Å². The molecule has 0 bridgehead atoms. The molecule has 0 saturated carbocycles. The summed E-state index contributed by atoms with van der Waals surface area (Å²) >= 11 is 0.983. The molecule has 2 aromatic rings. The van der Waals surface area contributed by atoms with Gasteiger partial charge in [-0.2, -0.15) is 0 Å². The normalized spacial score (nSPS) is 11.1. The van der Waals surface area contributed by atoms with Gasteiger partial charge in [-0.15, -0.1) is 10.2 Å². The lowest BCUT2D eigenvalue weighted by Gasteiger charge is -2.13. The van der Waals surface area contributed by atoms with Gasteiger partial charge in [0.25, 0.3) is 0 Å². The van der Waals surface area contributed by atoms with Gasteiger partial charge in [0, 0.05) is 6.04 Å². The first kappa shape index (κ1) is 15.4. The molecule has 1 N–H and O–H groups in total. The lowest BCUT2D eigenvalue weighted by molar-refractivity contribution is -0.133. The Bertz CT molecular complexity index is 673. The standard InChI is InChI=1S/C13H13F2N3O2S/c1-7(2)18-12(9-5-8(14)3-4-10(9)15)16-17-13(18)21-6-11(19)20/h3-5,7H,6H2,1-2H3,(H,19,20). The number of benzene rings is 1. The molecule has 2 rings (SSSR count). The fourth-order valence-electron chi connectivity index (χ4n) is 1.82. The van der Waals surface area contributed by atoms with Crippen molar-refractivity contribution >= 4 is 17.7 Å². The topological polar surface area (TPSA) is 68.0 Å². The molecule has 0 aliphatic carbocycles. The average Bonchev–Trinajstić information content (AvgIpc) is 2.83. The van der Waals surface area contributed by atoms with Crippen molar-refractivity contribution in [2.75, 3.05) is 5.75 Å². The van der Waals surface area contributed by atoms with Gasteiger partial charge in [0.2, 0.25) is 0 Å². The molecule has 21 heavy (non-hydrogen) atoms. The molecule has 0 aliphatic heterocycles. The molecule has 0 unspecified atom stereocenters. The zero-order valence-corrected chi connectivity index (χ0v) is 12.2. The summed E-state index contributed by atoms with van der Waals surface area (Å²) < 4.78 is 28.8. The van der Waals surface area contributed by atoms with E-state index in [0.29, 0.717) is 5.16 Å². The van der Waals surface area contributed by atoms with E-state index in [1.807, 2.05) is 13.8 Å². The van der Waals surface area contributed by atoms with E-state index >= 15 is 0 Å². The molecule has 5 nitrogen and oxygen atoms in total. The highest BCUT2D eigenvalue weighted by Gasteiger charge is 2.20. The van der Waals surface area contributed by atoms with Gasteiger partial charge >= 0.3 is 5.97 Å². The Morgan fingerprint density at radius 1 is 1.38 bits per heavy atom. The molecule has 1 aromatic heterocycles. The van der Waals surface area contributed by atoms with E-state index in [0.717, 1.165) is 30.0 Å². The van der Waals surface area contributed by atoms with Crippen LogP contribution in [0.15, 0.2) is 23.4 Å². The van der Waals surface area contributed by atoms with Crippen molar-refractivity contribution in [3.05, 3.63) is 29.8 Å².